The molecule has 1 N–H and O–H groups in total. The van der Waals surface area contributed by atoms with Gasteiger partial charge in [0.25, 0.3) is 0 Å². The highest BCUT2D eigenvalue weighted by molar-refractivity contribution is 7.89. The summed E-state index contributed by atoms with van der Waals surface area (Å²) in [6.45, 7) is 0.216. The standard InChI is InChI=1S/C12H16Cl2FNO4S/c1-19-7-9(20-2)6-16-21(17,18)10-3-8(5-13)12(14)11(15)4-10/h3-4,9,16H,5-7H2,1-2H3. The summed E-state index contributed by atoms with van der Waals surface area (Å²) in [4.78, 5) is -0.243. The van der Waals surface area contributed by atoms with Crippen molar-refractivity contribution in [2.75, 3.05) is 27.4 Å². The van der Waals surface area contributed by atoms with E-state index in [1.165, 1.54) is 20.3 Å². The highest BCUT2D eigenvalue weighted by Gasteiger charge is 2.20. The van der Waals surface area contributed by atoms with E-state index in [2.05, 4.69) is 4.72 Å². The molecule has 21 heavy (non-hydrogen) atoms. The summed E-state index contributed by atoms with van der Waals surface area (Å²) < 4.78 is 50.1. The van der Waals surface area contributed by atoms with Crippen LogP contribution in [0.25, 0.3) is 0 Å². The first-order chi connectivity index (χ1) is 9.85. The molecule has 1 aromatic carbocycles. The summed E-state index contributed by atoms with van der Waals surface area (Å²) in [6, 6.07) is 2.08. The topological polar surface area (TPSA) is 64.6 Å². The van der Waals surface area contributed by atoms with Crippen LogP contribution >= 0.6 is 23.2 Å². The van der Waals surface area contributed by atoms with Crippen molar-refractivity contribution in [3.8, 4) is 0 Å². The zero-order valence-electron chi connectivity index (χ0n) is 11.5. The third-order valence-corrected chi connectivity index (χ3v) is 4.83. The molecule has 1 atom stereocenters. The van der Waals surface area contributed by atoms with Crippen molar-refractivity contribution < 1.29 is 22.3 Å². The monoisotopic (exact) mass is 359 g/mol. The highest BCUT2D eigenvalue weighted by Crippen LogP contribution is 2.25. The number of hydrogen-bond donors (Lipinski definition) is 1. The molecule has 1 unspecified atom stereocenters. The Morgan fingerprint density at radius 2 is 2.05 bits per heavy atom. The smallest absolute Gasteiger partial charge is 0.240 e. The van der Waals surface area contributed by atoms with Crippen molar-refractivity contribution in [3.05, 3.63) is 28.5 Å². The second-order valence-corrected chi connectivity index (χ2v) is 6.59. The molecule has 0 bridgehead atoms. The van der Waals surface area contributed by atoms with E-state index >= 15 is 0 Å². The molecule has 0 heterocycles. The normalized spacial score (nSPS) is 13.4. The molecule has 0 saturated carbocycles. The van der Waals surface area contributed by atoms with Crippen molar-refractivity contribution in [2.24, 2.45) is 0 Å². The summed E-state index contributed by atoms with van der Waals surface area (Å²) in [5, 5.41) is -0.182. The number of halogens is 3. The van der Waals surface area contributed by atoms with Gasteiger partial charge in [-0.05, 0) is 17.7 Å². The number of ether oxygens (including phenoxy) is 2. The summed E-state index contributed by atoms with van der Waals surface area (Å²) in [6.07, 6.45) is -0.450. The lowest BCUT2D eigenvalue weighted by molar-refractivity contribution is 0.0320. The van der Waals surface area contributed by atoms with Crippen LogP contribution in [-0.4, -0.2) is 41.9 Å². The fourth-order valence-corrected chi connectivity index (χ4v) is 3.14. The van der Waals surface area contributed by atoms with E-state index < -0.39 is 21.9 Å². The van der Waals surface area contributed by atoms with E-state index in [9.17, 15) is 12.8 Å². The molecule has 0 spiro atoms. The maximum Gasteiger partial charge on any atom is 0.240 e. The summed E-state index contributed by atoms with van der Waals surface area (Å²) in [7, 11) is -0.988. The molecule has 1 rings (SSSR count). The van der Waals surface area contributed by atoms with Crippen LogP contribution < -0.4 is 4.72 Å². The lowest BCUT2D eigenvalue weighted by atomic mass is 10.2. The molecule has 9 heteroatoms. The lowest BCUT2D eigenvalue weighted by Crippen LogP contribution is -2.35. The first-order valence-electron chi connectivity index (χ1n) is 5.91. The number of nitrogens with one attached hydrogen (secondary N) is 1. The highest BCUT2D eigenvalue weighted by atomic mass is 35.5. The van der Waals surface area contributed by atoms with Gasteiger partial charge in [-0.15, -0.1) is 11.6 Å². The molecule has 0 radical (unpaired) electrons. The van der Waals surface area contributed by atoms with Gasteiger partial charge >= 0.3 is 0 Å². The van der Waals surface area contributed by atoms with Crippen LogP contribution in [0, 0.1) is 5.82 Å². The Morgan fingerprint density at radius 1 is 1.38 bits per heavy atom. The van der Waals surface area contributed by atoms with Crippen LogP contribution in [0.4, 0.5) is 4.39 Å². The third kappa shape index (κ3) is 5.05. The first-order valence-corrected chi connectivity index (χ1v) is 8.30. The van der Waals surface area contributed by atoms with Crippen LogP contribution in [0.2, 0.25) is 5.02 Å². The van der Waals surface area contributed by atoms with Crippen molar-refractivity contribution >= 4 is 33.2 Å². The maximum absolute atomic E-state index is 13.6. The number of methoxy groups -OCH3 is 2. The molecule has 1 aromatic rings. The van der Waals surface area contributed by atoms with Gasteiger partial charge < -0.3 is 9.47 Å². The SMILES string of the molecule is COCC(CNS(=O)(=O)c1cc(F)c(Cl)c(CCl)c1)OC. The summed E-state index contributed by atoms with van der Waals surface area (Å²) in [5.41, 5.74) is 0.207. The minimum atomic E-state index is -3.90. The number of alkyl halides is 1. The molecule has 0 saturated heterocycles. The van der Waals surface area contributed by atoms with Crippen LogP contribution in [0.15, 0.2) is 17.0 Å². The Balaban J connectivity index is 2.95. The zero-order chi connectivity index (χ0) is 16.0. The van der Waals surface area contributed by atoms with Crippen molar-refractivity contribution in [1.82, 2.24) is 4.72 Å². The predicted molar refractivity (Wildman–Crippen MR) is 78.8 cm³/mol. The van der Waals surface area contributed by atoms with Crippen LogP contribution in [0.3, 0.4) is 0 Å². The lowest BCUT2D eigenvalue weighted by Gasteiger charge is -2.15. The van der Waals surface area contributed by atoms with Crippen molar-refractivity contribution in [1.29, 1.82) is 0 Å². The predicted octanol–water partition coefficient (Wildman–Crippen LogP) is 2.16. The summed E-state index contributed by atoms with van der Waals surface area (Å²) in [5.74, 6) is -0.931. The van der Waals surface area contributed by atoms with E-state index in [0.717, 1.165) is 6.07 Å². The van der Waals surface area contributed by atoms with Gasteiger partial charge in [-0.1, -0.05) is 11.6 Å². The van der Waals surface area contributed by atoms with Gasteiger partial charge in [-0.2, -0.15) is 0 Å². The van der Waals surface area contributed by atoms with Crippen LogP contribution in [0.5, 0.6) is 0 Å². The number of benzene rings is 1. The first kappa shape index (κ1) is 18.6. The third-order valence-electron chi connectivity index (χ3n) is 2.72. The van der Waals surface area contributed by atoms with Gasteiger partial charge in [0.15, 0.2) is 0 Å². The average Bonchev–Trinajstić information content (AvgIpc) is 2.46. The fourth-order valence-electron chi connectivity index (χ4n) is 1.55. The minimum absolute atomic E-state index is 0.00682. The molecule has 0 fully saturated rings. The second kappa shape index (κ2) is 8.26. The molecule has 5 nitrogen and oxygen atoms in total. The Bertz CT molecular complexity index is 583. The molecule has 0 amide bonds. The maximum atomic E-state index is 13.6. The van der Waals surface area contributed by atoms with E-state index in [0.29, 0.717) is 0 Å². The fraction of sp³-hybridized carbons (Fsp3) is 0.500. The van der Waals surface area contributed by atoms with Gasteiger partial charge in [-0.3, -0.25) is 0 Å². The van der Waals surface area contributed by atoms with Gasteiger partial charge in [0.05, 0.1) is 22.6 Å². The Morgan fingerprint density at radius 3 is 2.57 bits per heavy atom. The Labute approximate surface area is 133 Å². The quantitative estimate of drug-likeness (QED) is 0.722. The van der Waals surface area contributed by atoms with E-state index in [4.69, 9.17) is 32.7 Å². The molecule has 0 aliphatic carbocycles. The van der Waals surface area contributed by atoms with Gasteiger partial charge in [0, 0.05) is 26.6 Å². The molecule has 0 aliphatic rings. The molecular formula is C12H16Cl2FNO4S. The molecule has 0 aromatic heterocycles. The molecule has 0 aliphatic heterocycles. The Hall–Kier alpha value is -0.440. The van der Waals surface area contributed by atoms with Crippen molar-refractivity contribution in [2.45, 2.75) is 16.9 Å². The summed E-state index contributed by atoms with van der Waals surface area (Å²) >= 11 is 11.3. The van der Waals surface area contributed by atoms with Gasteiger partial charge in [-0.25, -0.2) is 17.5 Å². The largest absolute Gasteiger partial charge is 0.382 e. The van der Waals surface area contributed by atoms with Crippen LogP contribution in [0.1, 0.15) is 5.56 Å². The number of rotatable bonds is 8. The van der Waals surface area contributed by atoms with Gasteiger partial charge in [0.2, 0.25) is 10.0 Å². The zero-order valence-corrected chi connectivity index (χ0v) is 13.9. The molecule has 120 valence electrons. The van der Waals surface area contributed by atoms with E-state index in [-0.39, 0.29) is 34.5 Å². The number of hydrogen-bond acceptors (Lipinski definition) is 4. The van der Waals surface area contributed by atoms with Crippen molar-refractivity contribution in [3.63, 3.8) is 0 Å². The van der Waals surface area contributed by atoms with Gasteiger partial charge in [0.1, 0.15) is 5.82 Å². The van der Waals surface area contributed by atoms with E-state index in [1.54, 1.807) is 0 Å². The number of sulfonamides is 1. The second-order valence-electron chi connectivity index (χ2n) is 4.18. The minimum Gasteiger partial charge on any atom is -0.382 e. The molecular weight excluding hydrogens is 344 g/mol. The van der Waals surface area contributed by atoms with Crippen LogP contribution in [-0.2, 0) is 25.4 Å². The average molecular weight is 360 g/mol. The van der Waals surface area contributed by atoms with E-state index in [1.807, 2.05) is 0 Å². The Kier molecular flexibility index (Phi) is 7.32.